The van der Waals surface area contributed by atoms with Gasteiger partial charge in [0.05, 0.1) is 11.3 Å². The summed E-state index contributed by atoms with van der Waals surface area (Å²) in [5, 5.41) is 13.0. The van der Waals surface area contributed by atoms with Crippen molar-refractivity contribution in [2.45, 2.75) is 45.4 Å². The zero-order valence-electron chi connectivity index (χ0n) is 11.8. The number of anilines is 1. The minimum absolute atomic E-state index is 0.0240. The van der Waals surface area contributed by atoms with Gasteiger partial charge in [-0.1, -0.05) is 12.8 Å². The normalized spacial score (nSPS) is 24.2. The molecule has 2 aliphatic rings. The van der Waals surface area contributed by atoms with E-state index in [0.29, 0.717) is 11.3 Å². The van der Waals surface area contributed by atoms with E-state index in [-0.39, 0.29) is 29.3 Å². The maximum absolute atomic E-state index is 12.6. The molecule has 106 valence electrons. The lowest BCUT2D eigenvalue weighted by molar-refractivity contribution is -0.114. The van der Waals surface area contributed by atoms with Gasteiger partial charge in [-0.25, -0.2) is 0 Å². The molecule has 1 aromatic carbocycles. The molecule has 1 aromatic rings. The fourth-order valence-electron chi connectivity index (χ4n) is 3.81. The lowest BCUT2D eigenvalue weighted by Gasteiger charge is -2.25. The van der Waals surface area contributed by atoms with Gasteiger partial charge in [0.1, 0.15) is 5.75 Å². The first kappa shape index (κ1) is 13.2. The van der Waals surface area contributed by atoms with E-state index in [2.05, 4.69) is 5.32 Å². The second-order valence-corrected chi connectivity index (χ2v) is 5.92. The summed E-state index contributed by atoms with van der Waals surface area (Å²) in [6, 6.07) is 1.78. The number of fused-ring (bicyclic) bond motifs is 3. The minimum Gasteiger partial charge on any atom is -0.505 e. The highest BCUT2D eigenvalue weighted by Gasteiger charge is 2.43. The van der Waals surface area contributed by atoms with Crippen LogP contribution in [0.25, 0.3) is 0 Å². The lowest BCUT2D eigenvalue weighted by atomic mass is 9.78. The summed E-state index contributed by atoms with van der Waals surface area (Å²) < 4.78 is 0. The third-order valence-corrected chi connectivity index (χ3v) is 4.58. The molecule has 2 atom stereocenters. The van der Waals surface area contributed by atoms with Crippen LogP contribution in [0.4, 0.5) is 5.69 Å². The quantitative estimate of drug-likeness (QED) is 0.772. The van der Waals surface area contributed by atoms with Crippen LogP contribution in [0.15, 0.2) is 6.07 Å². The average molecular weight is 273 g/mol. The molecule has 20 heavy (non-hydrogen) atoms. The zero-order chi connectivity index (χ0) is 14.4. The summed E-state index contributed by atoms with van der Waals surface area (Å²) >= 11 is 0. The second-order valence-electron chi connectivity index (χ2n) is 5.92. The van der Waals surface area contributed by atoms with Crippen LogP contribution in [-0.4, -0.2) is 16.8 Å². The fourth-order valence-corrected chi connectivity index (χ4v) is 3.81. The molecule has 0 aliphatic heterocycles. The van der Waals surface area contributed by atoms with E-state index < -0.39 is 0 Å². The van der Waals surface area contributed by atoms with Gasteiger partial charge >= 0.3 is 0 Å². The Morgan fingerprint density at radius 2 is 1.95 bits per heavy atom. The first-order chi connectivity index (χ1) is 9.50. The number of hydrogen-bond donors (Lipinski definition) is 2. The van der Waals surface area contributed by atoms with E-state index >= 15 is 0 Å². The van der Waals surface area contributed by atoms with Gasteiger partial charge in [-0.15, -0.1) is 0 Å². The number of hydrogen-bond acceptors (Lipinski definition) is 3. The van der Waals surface area contributed by atoms with Crippen LogP contribution in [0.2, 0.25) is 0 Å². The van der Waals surface area contributed by atoms with E-state index in [9.17, 15) is 14.7 Å². The minimum atomic E-state index is -0.248. The Balaban J connectivity index is 2.15. The molecular weight excluding hydrogens is 254 g/mol. The Labute approximate surface area is 118 Å². The fraction of sp³-hybridized carbons (Fsp3) is 0.500. The Morgan fingerprint density at radius 1 is 1.30 bits per heavy atom. The number of carbonyl (C=O) groups excluding carboxylic acids is 2. The highest BCUT2D eigenvalue weighted by molar-refractivity contribution is 6.08. The van der Waals surface area contributed by atoms with Crippen molar-refractivity contribution >= 4 is 17.4 Å². The molecule has 1 amide bonds. The van der Waals surface area contributed by atoms with Crippen molar-refractivity contribution in [3.8, 4) is 5.75 Å². The van der Waals surface area contributed by atoms with Crippen LogP contribution in [0, 0.1) is 12.8 Å². The molecule has 3 rings (SSSR count). The Kier molecular flexibility index (Phi) is 3.04. The Morgan fingerprint density at radius 3 is 2.60 bits per heavy atom. The number of Topliss-reactive ketones (excluding diaryl/α,β-unsaturated/α-hetero) is 1. The van der Waals surface area contributed by atoms with Gasteiger partial charge in [0, 0.05) is 12.8 Å². The molecule has 0 spiro atoms. The maximum Gasteiger partial charge on any atom is 0.221 e. The van der Waals surface area contributed by atoms with Crippen molar-refractivity contribution in [3.05, 3.63) is 22.8 Å². The molecule has 4 nitrogen and oxygen atoms in total. The molecule has 0 radical (unpaired) electrons. The molecule has 1 fully saturated rings. The molecule has 4 heteroatoms. The molecular formula is C16H19NO3. The SMILES string of the molecule is CC(=O)Nc1cc(C)c2c(c1O)C(=O)C1CCCCC21. The number of benzene rings is 1. The van der Waals surface area contributed by atoms with E-state index in [1.807, 2.05) is 6.92 Å². The molecule has 0 aromatic heterocycles. The first-order valence-corrected chi connectivity index (χ1v) is 7.19. The number of nitrogens with one attached hydrogen (secondary N) is 1. The molecule has 0 saturated heterocycles. The van der Waals surface area contributed by atoms with Crippen LogP contribution in [0.1, 0.15) is 60.0 Å². The van der Waals surface area contributed by atoms with E-state index in [4.69, 9.17) is 0 Å². The smallest absolute Gasteiger partial charge is 0.221 e. The van der Waals surface area contributed by atoms with Gasteiger partial charge in [0.25, 0.3) is 0 Å². The Bertz CT molecular complexity index is 606. The molecule has 0 bridgehead atoms. The highest BCUT2D eigenvalue weighted by Crippen LogP contribution is 2.51. The molecule has 2 aliphatic carbocycles. The van der Waals surface area contributed by atoms with Crippen LogP contribution < -0.4 is 5.32 Å². The van der Waals surface area contributed by atoms with Gasteiger partial charge in [0.2, 0.25) is 5.91 Å². The summed E-state index contributed by atoms with van der Waals surface area (Å²) in [4.78, 5) is 23.8. The average Bonchev–Trinajstić information content (AvgIpc) is 2.70. The molecule has 2 N–H and O–H groups in total. The summed E-state index contributed by atoms with van der Waals surface area (Å²) in [6.07, 6.45) is 4.15. The standard InChI is InChI=1S/C16H19NO3/c1-8-7-12(17-9(2)18)16(20)14-13(8)10-5-3-4-6-11(10)15(14)19/h7,10-11,20H,3-6H2,1-2H3,(H,17,18). The maximum atomic E-state index is 12.6. The van der Waals surface area contributed by atoms with E-state index in [0.717, 1.165) is 36.8 Å². The van der Waals surface area contributed by atoms with Crippen LogP contribution in [0.5, 0.6) is 5.75 Å². The summed E-state index contributed by atoms with van der Waals surface area (Å²) in [5.74, 6) is 0.0275. The largest absolute Gasteiger partial charge is 0.505 e. The predicted octanol–water partition coefficient (Wildman–Crippen LogP) is 3.13. The van der Waals surface area contributed by atoms with Crippen molar-refractivity contribution in [1.82, 2.24) is 0 Å². The van der Waals surface area contributed by atoms with Gasteiger partial charge in [-0.3, -0.25) is 9.59 Å². The van der Waals surface area contributed by atoms with Gasteiger partial charge in [-0.05, 0) is 42.9 Å². The number of phenols is 1. The number of carbonyl (C=O) groups is 2. The number of rotatable bonds is 1. The van der Waals surface area contributed by atoms with Crippen LogP contribution >= 0.6 is 0 Å². The van der Waals surface area contributed by atoms with Crippen LogP contribution in [-0.2, 0) is 4.79 Å². The molecule has 1 saturated carbocycles. The predicted molar refractivity (Wildman–Crippen MR) is 76.2 cm³/mol. The summed E-state index contributed by atoms with van der Waals surface area (Å²) in [5.41, 5.74) is 2.79. The van der Waals surface area contributed by atoms with Crippen LogP contribution in [0.3, 0.4) is 0 Å². The van der Waals surface area contributed by atoms with Gasteiger partial charge in [0.15, 0.2) is 5.78 Å². The summed E-state index contributed by atoms with van der Waals surface area (Å²) in [7, 11) is 0. The number of aromatic hydroxyl groups is 1. The highest BCUT2D eigenvalue weighted by atomic mass is 16.3. The molecule has 2 unspecified atom stereocenters. The van der Waals surface area contributed by atoms with E-state index in [1.165, 1.54) is 6.92 Å². The lowest BCUT2D eigenvalue weighted by Crippen LogP contribution is -2.17. The van der Waals surface area contributed by atoms with Gasteiger partial charge in [-0.2, -0.15) is 0 Å². The Hall–Kier alpha value is -1.84. The first-order valence-electron chi connectivity index (χ1n) is 7.19. The van der Waals surface area contributed by atoms with Crippen molar-refractivity contribution in [2.75, 3.05) is 5.32 Å². The van der Waals surface area contributed by atoms with Gasteiger partial charge < -0.3 is 10.4 Å². The number of amides is 1. The number of ketones is 1. The second kappa shape index (κ2) is 4.62. The third kappa shape index (κ3) is 1.82. The number of aryl methyl sites for hydroxylation is 1. The zero-order valence-corrected chi connectivity index (χ0v) is 11.8. The topological polar surface area (TPSA) is 66.4 Å². The van der Waals surface area contributed by atoms with Crippen molar-refractivity contribution in [1.29, 1.82) is 0 Å². The monoisotopic (exact) mass is 273 g/mol. The summed E-state index contributed by atoms with van der Waals surface area (Å²) in [6.45, 7) is 3.34. The number of phenolic OH excluding ortho intramolecular Hbond substituents is 1. The van der Waals surface area contributed by atoms with Crippen molar-refractivity contribution in [3.63, 3.8) is 0 Å². The molecule has 0 heterocycles. The van der Waals surface area contributed by atoms with E-state index in [1.54, 1.807) is 6.07 Å². The van der Waals surface area contributed by atoms with Crippen molar-refractivity contribution < 1.29 is 14.7 Å². The van der Waals surface area contributed by atoms with Crippen molar-refractivity contribution in [2.24, 2.45) is 5.92 Å². The third-order valence-electron chi connectivity index (χ3n) is 4.58.